The summed E-state index contributed by atoms with van der Waals surface area (Å²) in [7, 11) is 1.92. The van der Waals surface area contributed by atoms with Crippen molar-refractivity contribution in [2.75, 3.05) is 31.3 Å². The van der Waals surface area contributed by atoms with Crippen LogP contribution in [0.5, 0.6) is 0 Å². The van der Waals surface area contributed by atoms with Crippen LogP contribution in [-0.2, 0) is 24.0 Å². The molecule has 1 aliphatic carbocycles. The number of rotatable bonds is 6. The highest BCUT2D eigenvalue weighted by molar-refractivity contribution is 7.99. The fourth-order valence-electron chi connectivity index (χ4n) is 6.67. The molecule has 0 spiro atoms. The van der Waals surface area contributed by atoms with Crippen LogP contribution in [0, 0.1) is 18.8 Å². The molecular weight excluding hydrogens is 601 g/mol. The number of hydrogen-bond acceptors (Lipinski definition) is 10. The molecule has 3 aliphatic rings. The van der Waals surface area contributed by atoms with Gasteiger partial charge in [0.2, 0.25) is 11.8 Å². The van der Waals surface area contributed by atoms with Crippen LogP contribution in [0.15, 0.2) is 46.0 Å². The molecule has 7 heterocycles. The Bertz CT molecular complexity index is 1790. The maximum atomic E-state index is 6.10. The number of thiophene rings is 1. The number of thioether (sulfide) groups is 1. The number of aromatic nitrogens is 5. The first kappa shape index (κ1) is 30.3. The van der Waals surface area contributed by atoms with Crippen LogP contribution in [-0.4, -0.2) is 51.2 Å². The van der Waals surface area contributed by atoms with Crippen molar-refractivity contribution in [3.8, 4) is 21.9 Å². The van der Waals surface area contributed by atoms with E-state index >= 15 is 0 Å². The smallest absolute Gasteiger partial charge is 0.250 e. The predicted octanol–water partition coefficient (Wildman–Crippen LogP) is 8.14. The highest BCUT2D eigenvalue weighted by atomic mass is 32.2. The molecule has 5 aromatic rings. The molecule has 1 saturated heterocycles. The van der Waals surface area contributed by atoms with Gasteiger partial charge >= 0.3 is 0 Å². The van der Waals surface area contributed by atoms with Crippen LogP contribution in [0.25, 0.3) is 32.0 Å². The molecule has 5 aromatic heterocycles. The number of hydrogen-bond donors (Lipinski definition) is 1. The molecule has 0 saturated carbocycles. The van der Waals surface area contributed by atoms with E-state index in [1.54, 1.807) is 11.3 Å². The second-order valence-corrected chi connectivity index (χ2v) is 14.6. The predicted molar refractivity (Wildman–Crippen MR) is 182 cm³/mol. The normalized spacial score (nSPS) is 17.8. The summed E-state index contributed by atoms with van der Waals surface area (Å²) in [6.45, 7) is 8.10. The van der Waals surface area contributed by atoms with E-state index in [9.17, 15) is 0 Å². The van der Waals surface area contributed by atoms with Gasteiger partial charge in [0, 0.05) is 72.3 Å². The number of aryl methyl sites for hydroxylation is 3. The third-order valence-electron chi connectivity index (χ3n) is 9.14. The Morgan fingerprint density at radius 2 is 1.91 bits per heavy atom. The molecule has 0 radical (unpaired) electrons. The summed E-state index contributed by atoms with van der Waals surface area (Å²) in [5.74, 6) is 4.57. The highest BCUT2D eigenvalue weighted by Crippen LogP contribution is 2.53. The minimum Gasteiger partial charge on any atom is -0.421 e. The molecule has 1 fully saturated rings. The van der Waals surface area contributed by atoms with Crippen LogP contribution in [0.4, 0.5) is 5.82 Å². The molecule has 0 bridgehead atoms. The fourth-order valence-corrected chi connectivity index (χ4v) is 9.53. The molecule has 1 unspecified atom stereocenters. The second kappa shape index (κ2) is 13.2. The van der Waals surface area contributed by atoms with E-state index in [4.69, 9.17) is 14.1 Å². The lowest BCUT2D eigenvalue weighted by Gasteiger charge is -2.24. The summed E-state index contributed by atoms with van der Waals surface area (Å²) in [5.41, 5.74) is 7.29. The van der Waals surface area contributed by atoms with Gasteiger partial charge in [-0.25, -0.2) is 4.98 Å². The Kier molecular flexibility index (Phi) is 8.88. The lowest BCUT2D eigenvalue weighted by atomic mass is 9.88. The van der Waals surface area contributed by atoms with E-state index in [-0.39, 0.29) is 0 Å². The molecule has 1 N–H and O–H groups in total. The van der Waals surface area contributed by atoms with Crippen molar-refractivity contribution in [1.82, 2.24) is 25.1 Å². The Morgan fingerprint density at radius 3 is 2.67 bits per heavy atom. The summed E-state index contributed by atoms with van der Waals surface area (Å²) < 4.78 is 12.9. The zero-order valence-electron chi connectivity index (χ0n) is 26.4. The van der Waals surface area contributed by atoms with E-state index in [1.165, 1.54) is 56.9 Å². The van der Waals surface area contributed by atoms with Crippen LogP contribution >= 0.6 is 23.1 Å². The molecule has 8 rings (SSSR count). The van der Waals surface area contributed by atoms with Gasteiger partial charge in [0.25, 0.3) is 0 Å². The zero-order valence-corrected chi connectivity index (χ0v) is 28.1. The summed E-state index contributed by atoms with van der Waals surface area (Å²) in [4.78, 5) is 16.7. The molecule has 10 heteroatoms. The highest BCUT2D eigenvalue weighted by Gasteiger charge is 2.35. The molecule has 234 valence electrons. The van der Waals surface area contributed by atoms with Crippen molar-refractivity contribution in [2.24, 2.45) is 11.8 Å². The van der Waals surface area contributed by atoms with Crippen molar-refractivity contribution < 1.29 is 9.15 Å². The van der Waals surface area contributed by atoms with E-state index in [0.29, 0.717) is 29.5 Å². The average Bonchev–Trinajstić information content (AvgIpc) is 3.87. The summed E-state index contributed by atoms with van der Waals surface area (Å²) in [6.07, 6.45) is 10.5. The first-order valence-electron chi connectivity index (χ1n) is 16.1. The minimum atomic E-state index is 0.430. The van der Waals surface area contributed by atoms with Crippen molar-refractivity contribution in [1.29, 1.82) is 0 Å². The van der Waals surface area contributed by atoms with Gasteiger partial charge < -0.3 is 14.5 Å². The van der Waals surface area contributed by atoms with Crippen LogP contribution < -0.4 is 5.32 Å². The molecule has 2 aliphatic heterocycles. The summed E-state index contributed by atoms with van der Waals surface area (Å²) >= 11 is 3.69. The van der Waals surface area contributed by atoms with Gasteiger partial charge in [0.1, 0.15) is 5.82 Å². The molecular formula is C35H40N6O2S2. The summed E-state index contributed by atoms with van der Waals surface area (Å²) in [5, 5.41) is 13.2. The number of pyridine rings is 3. The maximum Gasteiger partial charge on any atom is 0.250 e. The largest absolute Gasteiger partial charge is 0.421 e. The third-order valence-corrected chi connectivity index (χ3v) is 11.5. The van der Waals surface area contributed by atoms with Gasteiger partial charge in [-0.15, -0.1) is 33.3 Å². The van der Waals surface area contributed by atoms with Gasteiger partial charge in [0.05, 0.1) is 21.7 Å². The first-order valence-corrected chi connectivity index (χ1v) is 17.9. The standard InChI is InChI=1S/C27H31N5O2S2.C8H9N/c1-14(2)18-13-35-25-22(20-12-17-5-8-29-26(28-4)24(17)36-20)21(27-32-31-15(3)34-27)19(30-23(18)25)11-16-6-9-33-10-7-16;1-3-7-4-2-6-9-8(7)5-1/h5,8,12,14,16,18H,6-7,9-11,13H2,1-4H3,(H,28,29);2,4,6H,1,3,5H2. The molecule has 8 nitrogen and oxygen atoms in total. The van der Waals surface area contributed by atoms with Crippen molar-refractivity contribution in [3.05, 3.63) is 65.2 Å². The molecule has 0 aromatic carbocycles. The second-order valence-electron chi connectivity index (χ2n) is 12.5. The Labute approximate surface area is 272 Å². The third kappa shape index (κ3) is 6.12. The first-order chi connectivity index (χ1) is 22.0. The van der Waals surface area contributed by atoms with E-state index in [2.05, 4.69) is 57.5 Å². The Balaban J connectivity index is 0.000000308. The van der Waals surface area contributed by atoms with E-state index < -0.39 is 0 Å². The van der Waals surface area contributed by atoms with Crippen LogP contribution in [0.3, 0.4) is 0 Å². The SMILES string of the molecule is CNc1nccc2cc(-c3c4c(nc(CC5CCOCC5)c3-c3nnc(C)o3)C(C(C)C)CS4)sc12.c1cnc2c(c1)CCC2. The van der Waals surface area contributed by atoms with Crippen LogP contribution in [0.2, 0.25) is 0 Å². The number of nitrogens with zero attached hydrogens (tertiary/aromatic N) is 5. The molecule has 1 atom stereocenters. The van der Waals surface area contributed by atoms with Gasteiger partial charge in [-0.2, -0.15) is 0 Å². The van der Waals surface area contributed by atoms with Gasteiger partial charge in [-0.3, -0.25) is 9.97 Å². The lowest BCUT2D eigenvalue weighted by molar-refractivity contribution is 0.0663. The van der Waals surface area contributed by atoms with E-state index in [1.807, 2.05) is 44.2 Å². The van der Waals surface area contributed by atoms with Crippen molar-refractivity contribution >= 4 is 39.0 Å². The van der Waals surface area contributed by atoms with Gasteiger partial charge in [0.15, 0.2) is 0 Å². The number of anilines is 1. The van der Waals surface area contributed by atoms with Gasteiger partial charge in [-0.05, 0) is 79.5 Å². The maximum absolute atomic E-state index is 6.10. The Hall–Kier alpha value is -3.34. The number of nitrogens with one attached hydrogen (secondary N) is 1. The number of ether oxygens (including phenoxy) is 1. The lowest BCUT2D eigenvalue weighted by Crippen LogP contribution is -2.19. The van der Waals surface area contributed by atoms with E-state index in [0.717, 1.165) is 60.0 Å². The molecule has 45 heavy (non-hydrogen) atoms. The number of fused-ring (bicyclic) bond motifs is 3. The topological polar surface area (TPSA) is 98.9 Å². The fraction of sp³-hybridized carbons (Fsp3) is 0.457. The van der Waals surface area contributed by atoms with Gasteiger partial charge in [-0.1, -0.05) is 19.9 Å². The summed E-state index contributed by atoms with van der Waals surface area (Å²) in [6, 6.07) is 8.56. The monoisotopic (exact) mass is 640 g/mol. The zero-order chi connectivity index (χ0) is 30.9. The quantitative estimate of drug-likeness (QED) is 0.197. The minimum absolute atomic E-state index is 0.430. The van der Waals surface area contributed by atoms with Crippen molar-refractivity contribution in [2.45, 2.75) is 70.1 Å². The Morgan fingerprint density at radius 1 is 1.04 bits per heavy atom. The average molecular weight is 641 g/mol. The van der Waals surface area contributed by atoms with Crippen molar-refractivity contribution in [3.63, 3.8) is 0 Å². The molecule has 0 amide bonds. The van der Waals surface area contributed by atoms with Crippen LogP contribution in [0.1, 0.15) is 67.6 Å².